The second kappa shape index (κ2) is 8.22. The molecular formula is C15H17F2INO7S-. The highest BCUT2D eigenvalue weighted by Gasteiger charge is 2.39. The smallest absolute Gasteiger partial charge is 0.414 e. The van der Waals surface area contributed by atoms with E-state index in [0.717, 1.165) is 0 Å². The van der Waals surface area contributed by atoms with Crippen molar-refractivity contribution >= 4 is 50.5 Å². The Hall–Kier alpha value is -1.54. The van der Waals surface area contributed by atoms with Crippen LogP contribution in [0.4, 0.5) is 19.3 Å². The molecule has 0 N–H and O–H groups in total. The van der Waals surface area contributed by atoms with Crippen LogP contribution in [0.25, 0.3) is 0 Å². The molecule has 152 valence electrons. The Morgan fingerprint density at radius 1 is 1.26 bits per heavy atom. The SMILES string of the molecule is CN(C(=O)OC(C)(C)C)c1ccc(C(=O)OCC(F)(F)S(=O)(=O)[O-])cc1I. The molecule has 0 aliphatic carbocycles. The number of nitrogens with zero attached hydrogens (tertiary/aromatic N) is 1. The van der Waals surface area contributed by atoms with Crippen molar-refractivity contribution in [3.05, 3.63) is 27.3 Å². The van der Waals surface area contributed by atoms with Gasteiger partial charge in [-0.25, -0.2) is 18.0 Å². The molecule has 0 unspecified atom stereocenters. The van der Waals surface area contributed by atoms with Gasteiger partial charge in [0.15, 0.2) is 16.7 Å². The molecule has 27 heavy (non-hydrogen) atoms. The molecular weight excluding hydrogens is 503 g/mol. The predicted octanol–water partition coefficient (Wildman–Crippen LogP) is 2.96. The summed E-state index contributed by atoms with van der Waals surface area (Å²) in [6.45, 7) is 3.19. The van der Waals surface area contributed by atoms with Crippen LogP contribution >= 0.6 is 22.6 Å². The van der Waals surface area contributed by atoms with Crippen molar-refractivity contribution in [3.8, 4) is 0 Å². The van der Waals surface area contributed by atoms with Gasteiger partial charge >= 0.3 is 17.3 Å². The highest BCUT2D eigenvalue weighted by molar-refractivity contribution is 14.1. The van der Waals surface area contributed by atoms with E-state index >= 15 is 0 Å². The topological polar surface area (TPSA) is 113 Å². The summed E-state index contributed by atoms with van der Waals surface area (Å²) in [6, 6.07) is 3.82. The quantitative estimate of drug-likeness (QED) is 0.333. The second-order valence-electron chi connectivity index (χ2n) is 6.37. The van der Waals surface area contributed by atoms with Crippen LogP contribution in [-0.4, -0.2) is 49.5 Å². The number of alkyl halides is 2. The molecule has 1 rings (SSSR count). The molecule has 0 atom stereocenters. The average molecular weight is 520 g/mol. The van der Waals surface area contributed by atoms with Crippen LogP contribution in [0, 0.1) is 3.57 Å². The van der Waals surface area contributed by atoms with Crippen molar-refractivity contribution in [2.45, 2.75) is 31.6 Å². The summed E-state index contributed by atoms with van der Waals surface area (Å²) in [5.41, 5.74) is -0.498. The summed E-state index contributed by atoms with van der Waals surface area (Å²) in [6.07, 6.45) is -0.643. The van der Waals surface area contributed by atoms with Gasteiger partial charge in [0.2, 0.25) is 0 Å². The van der Waals surface area contributed by atoms with Gasteiger partial charge in [0.25, 0.3) is 0 Å². The highest BCUT2D eigenvalue weighted by Crippen LogP contribution is 2.26. The Balaban J connectivity index is 2.92. The Morgan fingerprint density at radius 3 is 2.26 bits per heavy atom. The number of anilines is 1. The van der Waals surface area contributed by atoms with Crippen molar-refractivity contribution in [1.29, 1.82) is 0 Å². The molecule has 12 heteroatoms. The minimum absolute atomic E-state index is 0.167. The molecule has 0 saturated heterocycles. The fraction of sp³-hybridized carbons (Fsp3) is 0.467. The highest BCUT2D eigenvalue weighted by atomic mass is 127. The summed E-state index contributed by atoms with van der Waals surface area (Å²) >= 11 is 1.81. The van der Waals surface area contributed by atoms with Crippen LogP contribution in [-0.2, 0) is 19.6 Å². The molecule has 0 aliphatic heterocycles. The van der Waals surface area contributed by atoms with Gasteiger partial charge in [-0.3, -0.25) is 4.90 Å². The second-order valence-corrected chi connectivity index (χ2v) is 9.04. The van der Waals surface area contributed by atoms with Crippen molar-refractivity contribution in [1.82, 2.24) is 0 Å². The molecule has 0 saturated carbocycles. The first kappa shape index (κ1) is 23.5. The minimum Gasteiger partial charge on any atom is -0.743 e. The Bertz CT molecular complexity index is 837. The maximum absolute atomic E-state index is 13.0. The van der Waals surface area contributed by atoms with Crippen molar-refractivity contribution in [3.63, 3.8) is 0 Å². The zero-order valence-electron chi connectivity index (χ0n) is 14.8. The van der Waals surface area contributed by atoms with Gasteiger partial charge in [-0.1, -0.05) is 0 Å². The molecule has 8 nitrogen and oxygen atoms in total. The third kappa shape index (κ3) is 6.53. The van der Waals surface area contributed by atoms with Crippen LogP contribution in [0.2, 0.25) is 0 Å². The van der Waals surface area contributed by atoms with Crippen LogP contribution in [0.1, 0.15) is 31.1 Å². The minimum atomic E-state index is -5.95. The van der Waals surface area contributed by atoms with Crippen molar-refractivity contribution < 1.29 is 40.8 Å². The lowest BCUT2D eigenvalue weighted by atomic mass is 10.2. The van der Waals surface area contributed by atoms with Crippen LogP contribution < -0.4 is 4.90 Å². The van der Waals surface area contributed by atoms with Gasteiger partial charge in [0.1, 0.15) is 5.60 Å². The van der Waals surface area contributed by atoms with E-state index in [2.05, 4.69) is 4.74 Å². The lowest BCUT2D eigenvalue weighted by Gasteiger charge is -2.25. The van der Waals surface area contributed by atoms with Crippen molar-refractivity contribution in [2.75, 3.05) is 18.6 Å². The third-order valence-corrected chi connectivity index (χ3v) is 4.66. The number of carbonyl (C=O) groups excluding carboxylic acids is 2. The largest absolute Gasteiger partial charge is 0.743 e. The maximum Gasteiger partial charge on any atom is 0.414 e. The maximum atomic E-state index is 13.0. The normalized spacial score (nSPS) is 12.4. The first-order valence-corrected chi connectivity index (χ1v) is 9.80. The predicted molar refractivity (Wildman–Crippen MR) is 98.7 cm³/mol. The van der Waals surface area contributed by atoms with Gasteiger partial charge in [-0.05, 0) is 61.6 Å². The fourth-order valence-electron chi connectivity index (χ4n) is 1.64. The number of hydrogen-bond acceptors (Lipinski definition) is 7. The summed E-state index contributed by atoms with van der Waals surface area (Å²) in [5.74, 6) is -1.25. The van der Waals surface area contributed by atoms with Crippen LogP contribution in [0.5, 0.6) is 0 Å². The number of esters is 1. The molecule has 0 heterocycles. The summed E-state index contributed by atoms with van der Waals surface area (Å²) in [7, 11) is -4.50. The van der Waals surface area contributed by atoms with E-state index in [1.54, 1.807) is 20.8 Å². The standard InChI is InChI=1S/C15H18F2INO7S/c1-14(2,3)26-13(21)19(4)11-6-5-9(7-10(11)18)12(20)25-8-15(16,17)27(22,23)24/h5-7H,8H2,1-4H3,(H,22,23,24)/p-1. The van der Waals surface area contributed by atoms with Crippen molar-refractivity contribution in [2.24, 2.45) is 0 Å². The van der Waals surface area contributed by atoms with E-state index in [0.29, 0.717) is 9.26 Å². The van der Waals surface area contributed by atoms with Gasteiger partial charge in [0.05, 0.1) is 11.3 Å². The van der Waals surface area contributed by atoms with Gasteiger partial charge < -0.3 is 14.0 Å². The fourth-order valence-corrected chi connectivity index (χ4v) is 2.72. The first-order chi connectivity index (χ1) is 12.0. The summed E-state index contributed by atoms with van der Waals surface area (Å²) < 4.78 is 67.1. The van der Waals surface area contributed by atoms with Gasteiger partial charge in [-0.15, -0.1) is 0 Å². The number of ether oxygens (including phenoxy) is 2. The number of halogens is 3. The zero-order chi connectivity index (χ0) is 21.2. The van der Waals surface area contributed by atoms with E-state index in [9.17, 15) is 31.3 Å². The lowest BCUT2D eigenvalue weighted by Crippen LogP contribution is -2.35. The van der Waals surface area contributed by atoms with Crippen LogP contribution in [0.3, 0.4) is 0 Å². The molecule has 0 bridgehead atoms. The Labute approximate surface area is 168 Å². The molecule has 0 spiro atoms. The number of carbonyl (C=O) groups is 2. The van der Waals surface area contributed by atoms with Gasteiger partial charge in [-0.2, -0.15) is 8.78 Å². The monoisotopic (exact) mass is 520 g/mol. The third-order valence-electron chi connectivity index (χ3n) is 2.95. The average Bonchev–Trinajstić information content (AvgIpc) is 2.49. The molecule has 0 aliphatic rings. The number of benzene rings is 1. The summed E-state index contributed by atoms with van der Waals surface area (Å²) in [4.78, 5) is 25.1. The number of rotatable bonds is 5. The van der Waals surface area contributed by atoms with E-state index in [-0.39, 0.29) is 5.56 Å². The number of amides is 1. The zero-order valence-corrected chi connectivity index (χ0v) is 17.8. The Morgan fingerprint density at radius 2 is 1.81 bits per heavy atom. The summed E-state index contributed by atoms with van der Waals surface area (Å²) in [5, 5.41) is -4.73. The molecule has 0 fully saturated rings. The Kier molecular flexibility index (Phi) is 7.16. The number of hydrogen-bond donors (Lipinski definition) is 0. The van der Waals surface area contributed by atoms with E-state index in [4.69, 9.17) is 4.74 Å². The van der Waals surface area contributed by atoms with E-state index in [1.165, 1.54) is 30.1 Å². The van der Waals surface area contributed by atoms with E-state index < -0.39 is 39.6 Å². The van der Waals surface area contributed by atoms with Crippen LogP contribution in [0.15, 0.2) is 18.2 Å². The molecule has 1 aromatic carbocycles. The molecule has 0 radical (unpaired) electrons. The van der Waals surface area contributed by atoms with E-state index in [1.807, 2.05) is 22.6 Å². The van der Waals surface area contributed by atoms with Gasteiger partial charge in [0, 0.05) is 10.6 Å². The first-order valence-electron chi connectivity index (χ1n) is 7.32. The molecule has 1 aromatic rings. The molecule has 0 aromatic heterocycles. The molecule has 1 amide bonds. The lowest BCUT2D eigenvalue weighted by molar-refractivity contribution is -0.00997.